The number of aromatic amines is 1. The van der Waals surface area contributed by atoms with E-state index in [1.54, 1.807) is 6.20 Å². The zero-order valence-corrected chi connectivity index (χ0v) is 16.4. The topological polar surface area (TPSA) is 82.3 Å². The van der Waals surface area contributed by atoms with E-state index in [9.17, 15) is 14.4 Å². The van der Waals surface area contributed by atoms with E-state index in [-0.39, 0.29) is 24.2 Å². The third-order valence-electron chi connectivity index (χ3n) is 5.35. The molecule has 148 valence electrons. The number of fused-ring (bicyclic) bond motifs is 1. The second-order valence-electron chi connectivity index (χ2n) is 7.86. The molecule has 1 fully saturated rings. The van der Waals surface area contributed by atoms with Crippen LogP contribution in [0.3, 0.4) is 0 Å². The van der Waals surface area contributed by atoms with Crippen molar-refractivity contribution in [2.24, 2.45) is 5.92 Å². The number of nitrogens with zero attached hydrogens (tertiary/aromatic N) is 1. The largest absolute Gasteiger partial charge is 0.360 e. The summed E-state index contributed by atoms with van der Waals surface area (Å²) in [5.74, 6) is -0.487. The Hall–Kier alpha value is -3.41. The van der Waals surface area contributed by atoms with Gasteiger partial charge in [0.2, 0.25) is 0 Å². The van der Waals surface area contributed by atoms with Crippen LogP contribution in [-0.2, 0) is 10.3 Å². The molecule has 0 saturated carbocycles. The Morgan fingerprint density at radius 1 is 1.03 bits per heavy atom. The van der Waals surface area contributed by atoms with Crippen molar-refractivity contribution in [3.05, 3.63) is 71.9 Å². The quantitative estimate of drug-likeness (QED) is 0.496. The Balaban J connectivity index is 1.66. The van der Waals surface area contributed by atoms with Crippen LogP contribution >= 0.6 is 0 Å². The van der Waals surface area contributed by atoms with Crippen LogP contribution in [0.25, 0.3) is 10.9 Å². The summed E-state index contributed by atoms with van der Waals surface area (Å²) >= 11 is 0. The highest BCUT2D eigenvalue weighted by Crippen LogP contribution is 2.35. The predicted molar refractivity (Wildman–Crippen MR) is 110 cm³/mol. The van der Waals surface area contributed by atoms with E-state index in [4.69, 9.17) is 0 Å². The van der Waals surface area contributed by atoms with Crippen molar-refractivity contribution in [1.82, 2.24) is 15.2 Å². The van der Waals surface area contributed by atoms with Crippen LogP contribution in [0.2, 0.25) is 0 Å². The fraction of sp³-hybridized carbons (Fsp3) is 0.261. The predicted octanol–water partition coefficient (Wildman–Crippen LogP) is 3.84. The van der Waals surface area contributed by atoms with Gasteiger partial charge in [-0.2, -0.15) is 0 Å². The number of hydrogen-bond acceptors (Lipinski definition) is 3. The number of hydrogen-bond donors (Lipinski definition) is 2. The van der Waals surface area contributed by atoms with Gasteiger partial charge in [0.25, 0.3) is 5.91 Å². The summed E-state index contributed by atoms with van der Waals surface area (Å²) in [5.41, 5.74) is 0.898. The molecule has 2 aromatic carbocycles. The molecule has 1 aromatic heterocycles. The van der Waals surface area contributed by atoms with Crippen molar-refractivity contribution in [3.8, 4) is 0 Å². The molecular weight excluding hydrogens is 366 g/mol. The highest BCUT2D eigenvalue weighted by atomic mass is 16.2. The van der Waals surface area contributed by atoms with E-state index >= 15 is 0 Å². The normalized spacial score (nSPS) is 19.2. The minimum absolute atomic E-state index is 0.170. The Kier molecular flexibility index (Phi) is 4.70. The van der Waals surface area contributed by atoms with E-state index < -0.39 is 11.6 Å². The number of urea groups is 1. The lowest BCUT2D eigenvalue weighted by atomic mass is 9.82. The third-order valence-corrected chi connectivity index (χ3v) is 5.35. The number of nitrogens with one attached hydrogen (secondary N) is 2. The fourth-order valence-corrected chi connectivity index (χ4v) is 4.09. The van der Waals surface area contributed by atoms with Gasteiger partial charge in [0, 0.05) is 22.7 Å². The summed E-state index contributed by atoms with van der Waals surface area (Å²) in [6, 6.07) is 16.2. The van der Waals surface area contributed by atoms with Gasteiger partial charge in [-0.3, -0.25) is 14.5 Å². The number of amides is 3. The molecule has 1 aliphatic heterocycles. The molecule has 3 amide bonds. The van der Waals surface area contributed by atoms with Gasteiger partial charge >= 0.3 is 6.03 Å². The molecule has 6 heteroatoms. The van der Waals surface area contributed by atoms with Crippen molar-refractivity contribution in [2.45, 2.75) is 25.8 Å². The molecule has 0 aliphatic carbocycles. The number of aromatic nitrogens is 1. The molecule has 2 N–H and O–H groups in total. The molecule has 1 aliphatic rings. The monoisotopic (exact) mass is 389 g/mol. The number of benzene rings is 2. The first-order valence-electron chi connectivity index (χ1n) is 9.71. The number of H-pyrrole nitrogens is 1. The van der Waals surface area contributed by atoms with Crippen LogP contribution < -0.4 is 5.32 Å². The van der Waals surface area contributed by atoms with Crippen LogP contribution in [0.1, 0.15) is 36.2 Å². The summed E-state index contributed by atoms with van der Waals surface area (Å²) < 4.78 is 0. The van der Waals surface area contributed by atoms with E-state index in [1.807, 2.05) is 68.4 Å². The minimum atomic E-state index is -1.15. The average molecular weight is 389 g/mol. The smallest absolute Gasteiger partial charge is 0.325 e. The number of Topliss-reactive ketones (excluding diaryl/α,β-unsaturated/α-hetero) is 1. The van der Waals surface area contributed by atoms with Crippen LogP contribution in [0, 0.1) is 5.92 Å². The van der Waals surface area contributed by atoms with E-state index in [1.165, 1.54) is 0 Å². The third kappa shape index (κ3) is 3.20. The number of para-hydroxylation sites is 1. The van der Waals surface area contributed by atoms with Crippen molar-refractivity contribution in [2.75, 3.05) is 6.54 Å². The highest BCUT2D eigenvalue weighted by molar-refractivity contribution is 6.14. The molecule has 3 aromatic rings. The Morgan fingerprint density at radius 2 is 1.72 bits per heavy atom. The average Bonchev–Trinajstić information content (AvgIpc) is 3.24. The maximum atomic E-state index is 13.4. The maximum Gasteiger partial charge on any atom is 0.325 e. The molecule has 6 nitrogen and oxygen atoms in total. The molecular formula is C23H23N3O3. The molecule has 1 atom stereocenters. The van der Waals surface area contributed by atoms with Crippen molar-refractivity contribution < 1.29 is 14.4 Å². The van der Waals surface area contributed by atoms with Crippen LogP contribution in [0.4, 0.5) is 4.79 Å². The van der Waals surface area contributed by atoms with Crippen LogP contribution in [0.15, 0.2) is 60.8 Å². The summed E-state index contributed by atoms with van der Waals surface area (Å²) in [6.45, 7) is 3.72. The number of rotatable bonds is 6. The molecule has 0 bridgehead atoms. The van der Waals surface area contributed by atoms with Gasteiger partial charge in [-0.1, -0.05) is 62.4 Å². The molecule has 0 spiro atoms. The van der Waals surface area contributed by atoms with E-state index in [0.29, 0.717) is 12.0 Å². The van der Waals surface area contributed by atoms with Crippen molar-refractivity contribution in [1.29, 1.82) is 0 Å². The van der Waals surface area contributed by atoms with E-state index in [2.05, 4.69) is 10.3 Å². The van der Waals surface area contributed by atoms with E-state index in [0.717, 1.165) is 21.4 Å². The number of ketones is 1. The lowest BCUT2D eigenvalue weighted by molar-refractivity contribution is -0.132. The number of carbonyl (C=O) groups is 3. The molecule has 0 unspecified atom stereocenters. The SMILES string of the molecule is CC(C)C[C@]1(c2ccccc2)NC(=O)N(CC(=O)c2c[nH]c3ccccc23)C1=O. The molecule has 2 heterocycles. The highest BCUT2D eigenvalue weighted by Gasteiger charge is 2.52. The van der Waals surface area contributed by atoms with Crippen molar-refractivity contribution in [3.63, 3.8) is 0 Å². The Bertz CT molecular complexity index is 1090. The Labute approximate surface area is 168 Å². The summed E-state index contributed by atoms with van der Waals surface area (Å²) in [5, 5.41) is 3.66. The molecule has 0 radical (unpaired) electrons. The van der Waals surface area contributed by atoms with Gasteiger partial charge < -0.3 is 10.3 Å². The zero-order chi connectivity index (χ0) is 20.6. The zero-order valence-electron chi connectivity index (χ0n) is 16.4. The Morgan fingerprint density at radius 3 is 2.45 bits per heavy atom. The van der Waals surface area contributed by atoms with Gasteiger partial charge in [-0.25, -0.2) is 4.79 Å². The second-order valence-corrected chi connectivity index (χ2v) is 7.86. The standard InChI is InChI=1S/C23H23N3O3/c1-15(2)12-23(16-8-4-3-5-9-16)21(28)26(22(29)25-23)14-20(27)18-13-24-19-11-7-6-10-17(18)19/h3-11,13,15,24H,12,14H2,1-2H3,(H,25,29)/t23-/m1/s1. The lowest BCUT2D eigenvalue weighted by Gasteiger charge is -2.29. The van der Waals surface area contributed by atoms with Gasteiger partial charge in [0.05, 0.1) is 6.54 Å². The van der Waals surface area contributed by atoms with Gasteiger partial charge in [-0.05, 0) is 24.0 Å². The number of carbonyl (C=O) groups excluding carboxylic acids is 3. The first kappa shape index (κ1) is 18.9. The van der Waals surface area contributed by atoms with Crippen LogP contribution in [0.5, 0.6) is 0 Å². The van der Waals surface area contributed by atoms with Crippen molar-refractivity contribution >= 4 is 28.6 Å². The lowest BCUT2D eigenvalue weighted by Crippen LogP contribution is -2.45. The summed E-state index contributed by atoms with van der Waals surface area (Å²) in [6.07, 6.45) is 2.09. The summed E-state index contributed by atoms with van der Waals surface area (Å²) in [4.78, 5) is 43.2. The number of imide groups is 1. The maximum absolute atomic E-state index is 13.4. The first-order chi connectivity index (χ1) is 13.9. The second kappa shape index (κ2) is 7.20. The molecule has 29 heavy (non-hydrogen) atoms. The van der Waals surface area contributed by atoms with Crippen LogP contribution in [-0.4, -0.2) is 34.2 Å². The minimum Gasteiger partial charge on any atom is -0.360 e. The molecule has 1 saturated heterocycles. The molecule has 4 rings (SSSR count). The van der Waals surface area contributed by atoms with Gasteiger partial charge in [-0.15, -0.1) is 0 Å². The van der Waals surface area contributed by atoms with Gasteiger partial charge in [0.15, 0.2) is 5.78 Å². The fourth-order valence-electron chi connectivity index (χ4n) is 4.09. The first-order valence-corrected chi connectivity index (χ1v) is 9.71. The van der Waals surface area contributed by atoms with Gasteiger partial charge in [0.1, 0.15) is 5.54 Å². The summed E-state index contributed by atoms with van der Waals surface area (Å²) in [7, 11) is 0.